The Morgan fingerprint density at radius 1 is 0.941 bits per heavy atom. The van der Waals surface area contributed by atoms with Crippen LogP contribution in [0, 0.1) is 0 Å². The Morgan fingerprint density at radius 3 is 2.12 bits per heavy atom. The second-order valence-corrected chi connectivity index (χ2v) is 5.17. The zero-order valence-electron chi connectivity index (χ0n) is 12.0. The largest absolute Gasteiger partial charge is 0.313 e. The van der Waals surface area contributed by atoms with E-state index in [0.29, 0.717) is 6.04 Å². The fourth-order valence-electron chi connectivity index (χ4n) is 2.55. The van der Waals surface area contributed by atoms with Crippen LogP contribution in [0.4, 0.5) is 0 Å². The average molecular weight is 241 g/mol. The number of rotatable bonds is 8. The molecule has 0 spiro atoms. The lowest BCUT2D eigenvalue weighted by atomic mass is 10.1. The summed E-state index contributed by atoms with van der Waals surface area (Å²) in [6.45, 7) is 15.4. The van der Waals surface area contributed by atoms with Crippen molar-refractivity contribution in [3.63, 3.8) is 0 Å². The molecule has 0 aliphatic carbocycles. The topological polar surface area (TPSA) is 18.5 Å². The van der Waals surface area contributed by atoms with Crippen LogP contribution in [-0.4, -0.2) is 61.7 Å². The zero-order chi connectivity index (χ0) is 12.5. The van der Waals surface area contributed by atoms with Crippen molar-refractivity contribution < 1.29 is 0 Å². The third-order valence-corrected chi connectivity index (χ3v) is 3.71. The molecule has 3 nitrogen and oxygen atoms in total. The van der Waals surface area contributed by atoms with Crippen LogP contribution in [0.1, 0.15) is 40.0 Å². The average Bonchev–Trinajstić information content (AvgIpc) is 2.37. The maximum atomic E-state index is 3.69. The molecule has 3 heteroatoms. The first-order valence-electron chi connectivity index (χ1n) is 7.48. The molecule has 1 unspecified atom stereocenters. The van der Waals surface area contributed by atoms with Crippen molar-refractivity contribution in [2.24, 2.45) is 0 Å². The van der Waals surface area contributed by atoms with E-state index in [9.17, 15) is 0 Å². The van der Waals surface area contributed by atoms with Gasteiger partial charge < -0.3 is 10.2 Å². The summed E-state index contributed by atoms with van der Waals surface area (Å²) in [5.74, 6) is 0. The van der Waals surface area contributed by atoms with Crippen LogP contribution in [0.25, 0.3) is 0 Å². The summed E-state index contributed by atoms with van der Waals surface area (Å²) in [5.41, 5.74) is 0. The summed E-state index contributed by atoms with van der Waals surface area (Å²) >= 11 is 0. The van der Waals surface area contributed by atoms with E-state index in [1.54, 1.807) is 0 Å². The molecular weight excluding hydrogens is 210 g/mol. The van der Waals surface area contributed by atoms with E-state index in [0.717, 1.165) is 0 Å². The molecule has 1 atom stereocenters. The number of nitrogens with zero attached hydrogens (tertiary/aromatic N) is 2. The van der Waals surface area contributed by atoms with E-state index < -0.39 is 0 Å². The van der Waals surface area contributed by atoms with Crippen LogP contribution >= 0.6 is 0 Å². The van der Waals surface area contributed by atoms with E-state index in [4.69, 9.17) is 0 Å². The molecule has 1 heterocycles. The van der Waals surface area contributed by atoms with Crippen LogP contribution in [0.15, 0.2) is 0 Å². The Hall–Kier alpha value is -0.120. The third kappa shape index (κ3) is 5.84. The predicted octanol–water partition coefficient (Wildman–Crippen LogP) is 1.79. The highest BCUT2D eigenvalue weighted by molar-refractivity contribution is 4.76. The van der Waals surface area contributed by atoms with Gasteiger partial charge in [-0.05, 0) is 25.9 Å². The van der Waals surface area contributed by atoms with Gasteiger partial charge in [0.05, 0.1) is 0 Å². The van der Waals surface area contributed by atoms with Gasteiger partial charge in [-0.3, -0.25) is 4.90 Å². The molecule has 0 aromatic carbocycles. The van der Waals surface area contributed by atoms with Gasteiger partial charge in [0.2, 0.25) is 0 Å². The minimum absolute atomic E-state index is 0.702. The van der Waals surface area contributed by atoms with Crippen molar-refractivity contribution in [1.29, 1.82) is 0 Å². The first-order chi connectivity index (χ1) is 8.30. The van der Waals surface area contributed by atoms with Gasteiger partial charge in [0.25, 0.3) is 0 Å². The van der Waals surface area contributed by atoms with Gasteiger partial charge in [0, 0.05) is 38.8 Å². The third-order valence-electron chi connectivity index (χ3n) is 3.71. The van der Waals surface area contributed by atoms with Gasteiger partial charge in [-0.15, -0.1) is 0 Å². The van der Waals surface area contributed by atoms with Gasteiger partial charge in [0.15, 0.2) is 0 Å². The summed E-state index contributed by atoms with van der Waals surface area (Å²) in [4.78, 5) is 5.18. The van der Waals surface area contributed by atoms with Crippen LogP contribution in [-0.2, 0) is 0 Å². The van der Waals surface area contributed by atoms with Crippen molar-refractivity contribution in [3.05, 3.63) is 0 Å². The number of hydrogen-bond donors (Lipinski definition) is 1. The molecule has 1 rings (SSSR count). The summed E-state index contributed by atoms with van der Waals surface area (Å²) in [7, 11) is 0. The highest BCUT2D eigenvalue weighted by Crippen LogP contribution is 2.05. The second kappa shape index (κ2) is 8.90. The van der Waals surface area contributed by atoms with Gasteiger partial charge >= 0.3 is 0 Å². The van der Waals surface area contributed by atoms with Crippen molar-refractivity contribution in [1.82, 2.24) is 15.1 Å². The molecule has 1 N–H and O–H groups in total. The normalized spacial score (nSPS) is 20.6. The molecule has 1 saturated heterocycles. The molecule has 0 aromatic heterocycles. The molecule has 0 aromatic rings. The minimum atomic E-state index is 0.702. The van der Waals surface area contributed by atoms with E-state index in [1.165, 1.54) is 65.1 Å². The molecule has 17 heavy (non-hydrogen) atoms. The molecule has 0 radical (unpaired) electrons. The van der Waals surface area contributed by atoms with E-state index in [1.807, 2.05) is 0 Å². The predicted molar refractivity (Wildman–Crippen MR) is 75.5 cm³/mol. The SMILES string of the molecule is CCCNC(CCC)CN1CCN(CC)CC1. The van der Waals surface area contributed by atoms with E-state index in [2.05, 4.69) is 35.9 Å². The Balaban J connectivity index is 2.24. The lowest BCUT2D eigenvalue weighted by Gasteiger charge is -2.36. The monoisotopic (exact) mass is 241 g/mol. The second-order valence-electron chi connectivity index (χ2n) is 5.17. The zero-order valence-corrected chi connectivity index (χ0v) is 12.0. The molecule has 1 fully saturated rings. The highest BCUT2D eigenvalue weighted by Gasteiger charge is 2.18. The maximum Gasteiger partial charge on any atom is 0.0194 e. The summed E-state index contributed by atoms with van der Waals surface area (Å²) < 4.78 is 0. The first kappa shape index (κ1) is 14.9. The van der Waals surface area contributed by atoms with Crippen molar-refractivity contribution in [2.75, 3.05) is 45.8 Å². The summed E-state index contributed by atoms with van der Waals surface area (Å²) in [6.07, 6.45) is 3.84. The number of nitrogens with one attached hydrogen (secondary N) is 1. The van der Waals surface area contributed by atoms with Crippen molar-refractivity contribution >= 4 is 0 Å². The van der Waals surface area contributed by atoms with Gasteiger partial charge in [0.1, 0.15) is 0 Å². The lowest BCUT2D eigenvalue weighted by Crippen LogP contribution is -2.50. The van der Waals surface area contributed by atoms with Gasteiger partial charge in [-0.1, -0.05) is 27.2 Å². The van der Waals surface area contributed by atoms with Crippen LogP contribution in [0.3, 0.4) is 0 Å². The molecule has 102 valence electrons. The fourth-order valence-corrected chi connectivity index (χ4v) is 2.55. The Kier molecular flexibility index (Phi) is 7.82. The maximum absolute atomic E-state index is 3.69. The summed E-state index contributed by atoms with van der Waals surface area (Å²) in [5, 5.41) is 3.69. The minimum Gasteiger partial charge on any atom is -0.313 e. The standard InChI is InChI=1S/C14H31N3/c1-4-7-14(15-8-5-2)13-17-11-9-16(6-3)10-12-17/h14-15H,4-13H2,1-3H3. The quantitative estimate of drug-likeness (QED) is 0.699. The molecule has 0 saturated carbocycles. The number of hydrogen-bond acceptors (Lipinski definition) is 3. The smallest absolute Gasteiger partial charge is 0.0194 e. The Bertz CT molecular complexity index is 176. The fraction of sp³-hybridized carbons (Fsp3) is 1.00. The molecular formula is C14H31N3. The molecule has 1 aliphatic heterocycles. The Morgan fingerprint density at radius 2 is 1.59 bits per heavy atom. The van der Waals surface area contributed by atoms with Crippen molar-refractivity contribution in [3.8, 4) is 0 Å². The van der Waals surface area contributed by atoms with Crippen LogP contribution in [0.2, 0.25) is 0 Å². The van der Waals surface area contributed by atoms with Crippen LogP contribution < -0.4 is 5.32 Å². The molecule has 0 amide bonds. The van der Waals surface area contributed by atoms with Gasteiger partial charge in [-0.2, -0.15) is 0 Å². The first-order valence-corrected chi connectivity index (χ1v) is 7.48. The van der Waals surface area contributed by atoms with E-state index in [-0.39, 0.29) is 0 Å². The lowest BCUT2D eigenvalue weighted by molar-refractivity contribution is 0.126. The van der Waals surface area contributed by atoms with E-state index >= 15 is 0 Å². The molecule has 0 bridgehead atoms. The van der Waals surface area contributed by atoms with Crippen LogP contribution in [0.5, 0.6) is 0 Å². The number of piperazine rings is 1. The van der Waals surface area contributed by atoms with Crippen molar-refractivity contribution in [2.45, 2.75) is 46.1 Å². The number of likely N-dealkylation sites (N-methyl/N-ethyl adjacent to an activating group) is 1. The van der Waals surface area contributed by atoms with Gasteiger partial charge in [-0.25, -0.2) is 0 Å². The molecule has 1 aliphatic rings. The Labute approximate surface area is 108 Å². The highest BCUT2D eigenvalue weighted by atomic mass is 15.3. The summed E-state index contributed by atoms with van der Waals surface area (Å²) in [6, 6.07) is 0.702.